The second-order valence-corrected chi connectivity index (χ2v) is 6.46. The van der Waals surface area contributed by atoms with Crippen LogP contribution in [0.3, 0.4) is 0 Å². The van der Waals surface area contributed by atoms with Crippen molar-refractivity contribution in [3.8, 4) is 0 Å². The summed E-state index contributed by atoms with van der Waals surface area (Å²) in [4.78, 5) is 19.7. The number of aromatic nitrogens is 3. The van der Waals surface area contributed by atoms with Crippen LogP contribution in [0.1, 0.15) is 26.5 Å². The van der Waals surface area contributed by atoms with Gasteiger partial charge in [0.1, 0.15) is 0 Å². The minimum atomic E-state index is -0.132. The molecular weight excluding hydrogens is 312 g/mol. The molecule has 0 spiro atoms. The fourth-order valence-corrected chi connectivity index (χ4v) is 3.29. The molecule has 23 heavy (non-hydrogen) atoms. The first-order valence-electron chi connectivity index (χ1n) is 7.32. The van der Waals surface area contributed by atoms with Crippen LogP contribution >= 0.6 is 11.3 Å². The molecular formula is C16H18N4O2S. The Hall–Kier alpha value is -2.25. The predicted molar refractivity (Wildman–Crippen MR) is 88.6 cm³/mol. The van der Waals surface area contributed by atoms with E-state index in [-0.39, 0.29) is 12.5 Å². The topological polar surface area (TPSA) is 70.7 Å². The van der Waals surface area contributed by atoms with Crippen molar-refractivity contribution in [3.63, 3.8) is 0 Å². The molecule has 3 aromatic rings. The Morgan fingerprint density at radius 2 is 2.30 bits per heavy atom. The fourth-order valence-electron chi connectivity index (χ4n) is 2.33. The molecule has 0 aliphatic heterocycles. The van der Waals surface area contributed by atoms with E-state index in [1.54, 1.807) is 46.3 Å². The molecule has 0 saturated carbocycles. The molecule has 0 aromatic carbocycles. The first-order valence-corrected chi connectivity index (χ1v) is 8.20. The normalized spacial score (nSPS) is 11.1. The number of aliphatic hydroxyl groups is 1. The smallest absolute Gasteiger partial charge is 0.274 e. The van der Waals surface area contributed by atoms with Gasteiger partial charge in [0, 0.05) is 37.0 Å². The SMILES string of the molecule is Cc1ccsc1CN(C)C(=O)c1cc2ncc(CCO)cn2n1. The summed E-state index contributed by atoms with van der Waals surface area (Å²) in [6.45, 7) is 2.67. The Balaban J connectivity index is 1.81. The summed E-state index contributed by atoms with van der Waals surface area (Å²) in [6, 6.07) is 3.73. The number of aliphatic hydroxyl groups excluding tert-OH is 1. The lowest BCUT2D eigenvalue weighted by atomic mass is 10.2. The van der Waals surface area contributed by atoms with Gasteiger partial charge in [-0.3, -0.25) is 4.79 Å². The molecule has 7 heteroatoms. The zero-order chi connectivity index (χ0) is 16.4. The van der Waals surface area contributed by atoms with Crippen LogP contribution < -0.4 is 0 Å². The third-order valence-corrected chi connectivity index (χ3v) is 4.69. The molecule has 6 nitrogen and oxygen atoms in total. The second kappa shape index (κ2) is 6.47. The average molecular weight is 330 g/mol. The van der Waals surface area contributed by atoms with Crippen molar-refractivity contribution in [2.45, 2.75) is 19.9 Å². The monoisotopic (exact) mass is 330 g/mol. The van der Waals surface area contributed by atoms with Crippen molar-refractivity contribution in [2.75, 3.05) is 13.7 Å². The van der Waals surface area contributed by atoms with E-state index < -0.39 is 0 Å². The number of carbonyl (C=O) groups excluding carboxylic acids is 1. The van der Waals surface area contributed by atoms with Crippen LogP contribution in [-0.2, 0) is 13.0 Å². The Kier molecular flexibility index (Phi) is 4.40. The van der Waals surface area contributed by atoms with E-state index in [9.17, 15) is 4.79 Å². The van der Waals surface area contributed by atoms with Gasteiger partial charge in [0.25, 0.3) is 5.91 Å². The fraction of sp³-hybridized carbons (Fsp3) is 0.312. The van der Waals surface area contributed by atoms with Crippen LogP contribution in [0.25, 0.3) is 5.65 Å². The van der Waals surface area contributed by atoms with Crippen LogP contribution in [0.2, 0.25) is 0 Å². The van der Waals surface area contributed by atoms with Crippen molar-refractivity contribution in [1.82, 2.24) is 19.5 Å². The van der Waals surface area contributed by atoms with Gasteiger partial charge < -0.3 is 10.0 Å². The van der Waals surface area contributed by atoms with Crippen molar-refractivity contribution in [2.24, 2.45) is 0 Å². The number of hydrogen-bond donors (Lipinski definition) is 1. The summed E-state index contributed by atoms with van der Waals surface area (Å²) in [6.07, 6.45) is 4.00. The van der Waals surface area contributed by atoms with Crippen LogP contribution in [0, 0.1) is 6.92 Å². The largest absolute Gasteiger partial charge is 0.396 e. The molecule has 0 unspecified atom stereocenters. The van der Waals surface area contributed by atoms with Crippen molar-refractivity contribution >= 4 is 22.9 Å². The predicted octanol–water partition coefficient (Wildman–Crippen LogP) is 1.91. The third-order valence-electron chi connectivity index (χ3n) is 3.68. The highest BCUT2D eigenvalue weighted by Gasteiger charge is 2.17. The van der Waals surface area contributed by atoms with Crippen LogP contribution in [0.4, 0.5) is 0 Å². The summed E-state index contributed by atoms with van der Waals surface area (Å²) < 4.78 is 1.59. The summed E-state index contributed by atoms with van der Waals surface area (Å²) in [5.41, 5.74) is 3.07. The van der Waals surface area contributed by atoms with E-state index in [1.165, 1.54) is 10.4 Å². The van der Waals surface area contributed by atoms with Gasteiger partial charge in [0.15, 0.2) is 11.3 Å². The molecule has 0 aliphatic rings. The van der Waals surface area contributed by atoms with Gasteiger partial charge >= 0.3 is 0 Å². The maximum atomic E-state index is 12.5. The Morgan fingerprint density at radius 1 is 1.48 bits per heavy atom. The quantitative estimate of drug-likeness (QED) is 0.776. The first-order chi connectivity index (χ1) is 11.1. The zero-order valence-corrected chi connectivity index (χ0v) is 13.9. The third kappa shape index (κ3) is 3.25. The Bertz CT molecular complexity index is 840. The molecule has 0 atom stereocenters. The first kappa shape index (κ1) is 15.6. The molecule has 1 amide bonds. The number of fused-ring (bicyclic) bond motifs is 1. The van der Waals surface area contributed by atoms with E-state index in [2.05, 4.69) is 16.1 Å². The molecule has 120 valence electrons. The molecule has 1 N–H and O–H groups in total. The van der Waals surface area contributed by atoms with Gasteiger partial charge in [-0.15, -0.1) is 11.3 Å². The Labute approximate surface area is 138 Å². The number of amides is 1. The molecule has 3 rings (SSSR count). The lowest BCUT2D eigenvalue weighted by molar-refractivity contribution is 0.0780. The van der Waals surface area contributed by atoms with Gasteiger partial charge in [0.2, 0.25) is 0 Å². The standard InChI is InChI=1S/C16H18N4O2S/c1-11-4-6-23-14(11)10-19(2)16(22)13-7-15-17-8-12(3-5-21)9-20(15)18-13/h4,6-9,21H,3,5,10H2,1-2H3. The van der Waals surface area contributed by atoms with Gasteiger partial charge in [-0.1, -0.05) is 0 Å². The lowest BCUT2D eigenvalue weighted by Crippen LogP contribution is -2.26. The highest BCUT2D eigenvalue weighted by Crippen LogP contribution is 2.18. The molecule has 0 bridgehead atoms. The van der Waals surface area contributed by atoms with E-state index in [0.29, 0.717) is 24.3 Å². The number of rotatable bonds is 5. The average Bonchev–Trinajstić information content (AvgIpc) is 3.13. The van der Waals surface area contributed by atoms with Crippen LogP contribution in [0.15, 0.2) is 29.9 Å². The van der Waals surface area contributed by atoms with E-state index in [0.717, 1.165) is 5.56 Å². The van der Waals surface area contributed by atoms with Crippen LogP contribution in [0.5, 0.6) is 0 Å². The molecule has 0 radical (unpaired) electrons. The zero-order valence-electron chi connectivity index (χ0n) is 13.1. The van der Waals surface area contributed by atoms with Crippen molar-refractivity contribution < 1.29 is 9.90 Å². The van der Waals surface area contributed by atoms with E-state index >= 15 is 0 Å². The maximum absolute atomic E-state index is 12.5. The second-order valence-electron chi connectivity index (χ2n) is 5.46. The van der Waals surface area contributed by atoms with E-state index in [4.69, 9.17) is 5.11 Å². The molecule has 0 saturated heterocycles. The summed E-state index contributed by atoms with van der Waals surface area (Å²) in [5.74, 6) is -0.132. The van der Waals surface area contributed by atoms with Gasteiger partial charge in [0.05, 0.1) is 6.54 Å². The Morgan fingerprint density at radius 3 is 3.00 bits per heavy atom. The number of nitrogens with zero attached hydrogens (tertiary/aromatic N) is 4. The number of carbonyl (C=O) groups is 1. The molecule has 3 aromatic heterocycles. The number of thiophene rings is 1. The highest BCUT2D eigenvalue weighted by molar-refractivity contribution is 7.10. The number of aryl methyl sites for hydroxylation is 1. The lowest BCUT2D eigenvalue weighted by Gasteiger charge is -2.15. The van der Waals surface area contributed by atoms with Gasteiger partial charge in [-0.2, -0.15) is 5.10 Å². The molecule has 3 heterocycles. The summed E-state index contributed by atoms with van der Waals surface area (Å²) in [7, 11) is 1.77. The highest BCUT2D eigenvalue weighted by atomic mass is 32.1. The molecule has 0 fully saturated rings. The minimum Gasteiger partial charge on any atom is -0.396 e. The number of hydrogen-bond acceptors (Lipinski definition) is 5. The maximum Gasteiger partial charge on any atom is 0.274 e. The summed E-state index contributed by atoms with van der Waals surface area (Å²) >= 11 is 1.65. The van der Waals surface area contributed by atoms with Crippen molar-refractivity contribution in [3.05, 3.63) is 51.6 Å². The summed E-state index contributed by atoms with van der Waals surface area (Å²) in [5, 5.41) is 15.3. The van der Waals surface area contributed by atoms with Crippen LogP contribution in [-0.4, -0.2) is 44.2 Å². The van der Waals surface area contributed by atoms with Gasteiger partial charge in [-0.05, 0) is 35.9 Å². The molecule has 0 aliphatic carbocycles. The van der Waals surface area contributed by atoms with Gasteiger partial charge in [-0.25, -0.2) is 9.50 Å². The minimum absolute atomic E-state index is 0.0587. The van der Waals surface area contributed by atoms with E-state index in [1.807, 2.05) is 12.3 Å². The van der Waals surface area contributed by atoms with Crippen molar-refractivity contribution in [1.29, 1.82) is 0 Å².